The Kier molecular flexibility index (Phi) is 4.13. The minimum atomic E-state index is -3.77. The van der Waals surface area contributed by atoms with Gasteiger partial charge in [0.05, 0.1) is 0 Å². The van der Waals surface area contributed by atoms with Gasteiger partial charge >= 0.3 is 0 Å². The van der Waals surface area contributed by atoms with E-state index >= 15 is 0 Å². The van der Waals surface area contributed by atoms with Gasteiger partial charge in [-0.25, -0.2) is 13.1 Å². The van der Waals surface area contributed by atoms with E-state index in [-0.39, 0.29) is 11.1 Å². The Morgan fingerprint density at radius 2 is 1.84 bits per heavy atom. The van der Waals surface area contributed by atoms with E-state index in [1.54, 1.807) is 4.90 Å². The highest BCUT2D eigenvalue weighted by molar-refractivity contribution is 7.91. The van der Waals surface area contributed by atoms with Gasteiger partial charge in [0.15, 0.2) is 0 Å². The first-order valence-corrected chi connectivity index (χ1v) is 7.89. The smallest absolute Gasteiger partial charge is 0.267 e. The number of aromatic nitrogens is 4. The fourth-order valence-electron chi connectivity index (χ4n) is 2.12. The summed E-state index contributed by atoms with van der Waals surface area (Å²) in [7, 11) is -2.34. The van der Waals surface area contributed by atoms with Crippen molar-refractivity contribution in [3.63, 3.8) is 0 Å². The van der Waals surface area contributed by atoms with E-state index < -0.39 is 15.6 Å². The van der Waals surface area contributed by atoms with Gasteiger partial charge in [-0.15, -0.1) is 0 Å². The highest BCUT2D eigenvalue weighted by Gasteiger charge is 2.28. The van der Waals surface area contributed by atoms with Crippen molar-refractivity contribution >= 4 is 15.7 Å². The zero-order chi connectivity index (χ0) is 13.9. The largest absolute Gasteiger partial charge is 0.342 e. The molecule has 0 N–H and O–H groups in total. The molecule has 8 nitrogen and oxygen atoms in total. The molecule has 0 radical (unpaired) electrons. The third-order valence-electron chi connectivity index (χ3n) is 3.13. The van der Waals surface area contributed by atoms with Gasteiger partial charge in [0.1, 0.15) is 5.75 Å². The molecule has 1 aliphatic rings. The number of hydrogen-bond acceptors (Lipinski definition) is 6. The molecule has 2 heterocycles. The number of tetrazole rings is 1. The molecule has 0 bridgehead atoms. The maximum absolute atomic E-state index is 12.0. The Labute approximate surface area is 111 Å². The highest BCUT2D eigenvalue weighted by atomic mass is 32.2. The first-order valence-electron chi connectivity index (χ1n) is 6.23. The van der Waals surface area contributed by atoms with Crippen LogP contribution in [0, 0.1) is 0 Å². The van der Waals surface area contributed by atoms with Crippen LogP contribution in [-0.4, -0.2) is 58.3 Å². The minimum absolute atomic E-state index is 0.268. The van der Waals surface area contributed by atoms with Crippen LogP contribution in [0.4, 0.5) is 0 Å². The molecule has 0 atom stereocenters. The first-order chi connectivity index (χ1) is 9.00. The zero-order valence-electron chi connectivity index (χ0n) is 10.8. The molecule has 2 rings (SSSR count). The standard InChI is InChI=1S/C10H17N5O3S/c1-14-10(11-12-13-14)19(17,18)8-9(16)15-6-4-2-3-5-7-15/h2-8H2,1H3. The van der Waals surface area contributed by atoms with Gasteiger partial charge in [-0.3, -0.25) is 4.79 Å². The lowest BCUT2D eigenvalue weighted by molar-refractivity contribution is -0.128. The zero-order valence-corrected chi connectivity index (χ0v) is 11.6. The number of nitrogens with zero attached hydrogens (tertiary/aromatic N) is 5. The van der Waals surface area contributed by atoms with Crippen molar-refractivity contribution < 1.29 is 13.2 Å². The number of carbonyl (C=O) groups is 1. The average Bonchev–Trinajstić information content (AvgIpc) is 2.64. The van der Waals surface area contributed by atoms with E-state index in [1.165, 1.54) is 7.05 Å². The van der Waals surface area contributed by atoms with Crippen LogP contribution in [0.3, 0.4) is 0 Å². The lowest BCUT2D eigenvalue weighted by Crippen LogP contribution is -2.36. The summed E-state index contributed by atoms with van der Waals surface area (Å²) in [6.45, 7) is 1.26. The normalized spacial score (nSPS) is 17.2. The number of rotatable bonds is 3. The Hall–Kier alpha value is -1.51. The van der Waals surface area contributed by atoms with Crippen molar-refractivity contribution in [1.82, 2.24) is 25.1 Å². The van der Waals surface area contributed by atoms with Crippen LogP contribution in [0.2, 0.25) is 0 Å². The number of carbonyl (C=O) groups excluding carboxylic acids is 1. The monoisotopic (exact) mass is 287 g/mol. The quantitative estimate of drug-likeness (QED) is 0.735. The summed E-state index contributed by atoms with van der Waals surface area (Å²) in [6, 6.07) is 0. The average molecular weight is 287 g/mol. The molecule has 0 aromatic carbocycles. The van der Waals surface area contributed by atoms with Crippen LogP contribution < -0.4 is 0 Å². The molecule has 106 valence electrons. The maximum Gasteiger partial charge on any atom is 0.267 e. The van der Waals surface area contributed by atoms with E-state index in [1.807, 2.05) is 0 Å². The first kappa shape index (κ1) is 13.9. The van der Waals surface area contributed by atoms with Gasteiger partial charge in [-0.2, -0.15) is 0 Å². The lowest BCUT2D eigenvalue weighted by atomic mass is 10.2. The fraction of sp³-hybridized carbons (Fsp3) is 0.800. The van der Waals surface area contributed by atoms with Gasteiger partial charge < -0.3 is 4.90 Å². The molecular weight excluding hydrogens is 270 g/mol. The van der Waals surface area contributed by atoms with Crippen LogP contribution >= 0.6 is 0 Å². The second kappa shape index (κ2) is 5.64. The van der Waals surface area contributed by atoms with E-state index in [9.17, 15) is 13.2 Å². The summed E-state index contributed by atoms with van der Waals surface area (Å²) in [4.78, 5) is 13.7. The Bertz CT molecular complexity index is 545. The summed E-state index contributed by atoms with van der Waals surface area (Å²) in [5.41, 5.74) is 0. The fourth-order valence-corrected chi connectivity index (χ4v) is 3.36. The molecule has 1 saturated heterocycles. The lowest BCUT2D eigenvalue weighted by Gasteiger charge is -2.19. The van der Waals surface area contributed by atoms with Crippen molar-refractivity contribution in [2.75, 3.05) is 18.8 Å². The molecule has 0 saturated carbocycles. The predicted octanol–water partition coefficient (Wildman–Crippen LogP) is -0.614. The molecule has 1 aromatic rings. The van der Waals surface area contributed by atoms with Crippen molar-refractivity contribution in [2.45, 2.75) is 30.8 Å². The Balaban J connectivity index is 2.07. The third-order valence-corrected chi connectivity index (χ3v) is 4.66. The number of sulfone groups is 1. The van der Waals surface area contributed by atoms with Gasteiger partial charge in [0, 0.05) is 20.1 Å². The van der Waals surface area contributed by atoms with Crippen molar-refractivity contribution in [2.24, 2.45) is 7.05 Å². The second-order valence-electron chi connectivity index (χ2n) is 4.64. The second-order valence-corrected chi connectivity index (χ2v) is 6.52. The van der Waals surface area contributed by atoms with Crippen LogP contribution in [0.5, 0.6) is 0 Å². The van der Waals surface area contributed by atoms with Crippen LogP contribution in [-0.2, 0) is 21.7 Å². The molecule has 1 aliphatic heterocycles. The SMILES string of the molecule is Cn1nnnc1S(=O)(=O)CC(=O)N1CCCCCC1. The Morgan fingerprint density at radius 1 is 1.21 bits per heavy atom. The van der Waals surface area contributed by atoms with Crippen molar-refractivity contribution in [1.29, 1.82) is 0 Å². The predicted molar refractivity (Wildman–Crippen MR) is 65.9 cm³/mol. The summed E-state index contributed by atoms with van der Waals surface area (Å²) >= 11 is 0. The van der Waals surface area contributed by atoms with Gasteiger partial charge in [-0.05, 0) is 23.3 Å². The molecule has 0 aliphatic carbocycles. The van der Waals surface area contributed by atoms with Gasteiger partial charge in [0.25, 0.3) is 5.16 Å². The molecule has 1 aromatic heterocycles. The maximum atomic E-state index is 12.0. The Morgan fingerprint density at radius 3 is 2.37 bits per heavy atom. The topological polar surface area (TPSA) is 98.0 Å². The number of amides is 1. The molecule has 1 fully saturated rings. The van der Waals surface area contributed by atoms with Crippen LogP contribution in [0.15, 0.2) is 5.16 Å². The molecule has 0 unspecified atom stereocenters. The molecule has 9 heteroatoms. The van der Waals surface area contributed by atoms with Crippen molar-refractivity contribution in [3.05, 3.63) is 0 Å². The van der Waals surface area contributed by atoms with Crippen molar-refractivity contribution in [3.8, 4) is 0 Å². The van der Waals surface area contributed by atoms with Crippen LogP contribution in [0.25, 0.3) is 0 Å². The summed E-state index contributed by atoms with van der Waals surface area (Å²) in [5.74, 6) is -0.939. The number of hydrogen-bond donors (Lipinski definition) is 0. The van der Waals surface area contributed by atoms with E-state index in [2.05, 4.69) is 15.5 Å². The summed E-state index contributed by atoms with van der Waals surface area (Å²) < 4.78 is 25.1. The van der Waals surface area contributed by atoms with Gasteiger partial charge in [0.2, 0.25) is 15.7 Å². The number of aryl methyl sites for hydroxylation is 1. The highest BCUT2D eigenvalue weighted by Crippen LogP contribution is 2.12. The molecule has 1 amide bonds. The summed E-state index contributed by atoms with van der Waals surface area (Å²) in [5, 5.41) is 9.93. The van der Waals surface area contributed by atoms with E-state index in [4.69, 9.17) is 0 Å². The molecular formula is C10H17N5O3S. The third kappa shape index (κ3) is 3.28. The van der Waals surface area contributed by atoms with E-state index in [0.29, 0.717) is 13.1 Å². The molecule has 19 heavy (non-hydrogen) atoms. The number of likely N-dealkylation sites (tertiary alicyclic amines) is 1. The van der Waals surface area contributed by atoms with Crippen LogP contribution in [0.1, 0.15) is 25.7 Å². The minimum Gasteiger partial charge on any atom is -0.342 e. The van der Waals surface area contributed by atoms with E-state index in [0.717, 1.165) is 30.4 Å². The molecule has 0 spiro atoms. The summed E-state index contributed by atoms with van der Waals surface area (Å²) in [6.07, 6.45) is 4.03. The van der Waals surface area contributed by atoms with Gasteiger partial charge in [-0.1, -0.05) is 17.9 Å².